The topological polar surface area (TPSA) is 62.3 Å². The molecule has 0 spiro atoms. The smallest absolute Gasteiger partial charge is 0.205 e. The number of allylic oxidation sites excluding steroid dienone is 1. The lowest BCUT2D eigenvalue weighted by molar-refractivity contribution is 0.207. The van der Waals surface area contributed by atoms with Crippen LogP contribution in [0.15, 0.2) is 76.9 Å². The molecule has 0 saturated heterocycles. The highest BCUT2D eigenvalue weighted by atomic mass is 19.1. The number of benzene rings is 2. The number of hydrogen-bond acceptors (Lipinski definition) is 4. The predicted octanol–water partition coefficient (Wildman–Crippen LogP) is 4.83. The Morgan fingerprint density at radius 1 is 1.10 bits per heavy atom. The van der Waals surface area contributed by atoms with Crippen molar-refractivity contribution in [2.45, 2.75) is 25.8 Å². The molecule has 31 heavy (non-hydrogen) atoms. The van der Waals surface area contributed by atoms with E-state index in [9.17, 15) is 14.0 Å². The predicted molar refractivity (Wildman–Crippen MR) is 115 cm³/mol. The van der Waals surface area contributed by atoms with Gasteiger partial charge in [0, 0.05) is 35.8 Å². The molecular formula is C25H23F2N3O. The van der Waals surface area contributed by atoms with E-state index in [-0.39, 0.29) is 23.3 Å². The summed E-state index contributed by atoms with van der Waals surface area (Å²) in [5.74, 6) is -0.984. The summed E-state index contributed by atoms with van der Waals surface area (Å²) in [7, 11) is 0. The van der Waals surface area contributed by atoms with Gasteiger partial charge in [0.25, 0.3) is 0 Å². The zero-order valence-corrected chi connectivity index (χ0v) is 17.4. The zero-order valence-electron chi connectivity index (χ0n) is 17.4. The molecule has 0 saturated carbocycles. The van der Waals surface area contributed by atoms with Crippen molar-refractivity contribution in [3.05, 3.63) is 99.7 Å². The lowest BCUT2D eigenvalue weighted by atomic mass is 9.79. The van der Waals surface area contributed by atoms with Gasteiger partial charge < -0.3 is 10.5 Å². The minimum atomic E-state index is -0.666. The average molecular weight is 419 g/mol. The van der Waals surface area contributed by atoms with Gasteiger partial charge in [-0.25, -0.2) is 8.78 Å². The largest absolute Gasteiger partial charge is 0.440 e. The maximum atomic E-state index is 14.8. The van der Waals surface area contributed by atoms with E-state index in [1.807, 2.05) is 0 Å². The molecule has 0 fully saturated rings. The lowest BCUT2D eigenvalue weighted by Crippen LogP contribution is -2.41. The number of halogens is 2. The quantitative estimate of drug-likeness (QED) is 0.774. The molecule has 0 aliphatic carbocycles. The first-order valence-corrected chi connectivity index (χ1v) is 10.1. The summed E-state index contributed by atoms with van der Waals surface area (Å²) in [4.78, 5) is 2.18. The Labute approximate surface area is 180 Å². The lowest BCUT2D eigenvalue weighted by Gasteiger charge is -2.40. The van der Waals surface area contributed by atoms with Crippen molar-refractivity contribution < 1.29 is 13.5 Å². The molecule has 2 aromatic rings. The molecule has 1 atom stereocenters. The summed E-state index contributed by atoms with van der Waals surface area (Å²) >= 11 is 0. The molecule has 2 aliphatic heterocycles. The fourth-order valence-corrected chi connectivity index (χ4v) is 4.11. The summed E-state index contributed by atoms with van der Waals surface area (Å²) in [5.41, 5.74) is 8.58. The normalized spacial score (nSPS) is 20.6. The second kappa shape index (κ2) is 8.37. The van der Waals surface area contributed by atoms with Crippen LogP contribution >= 0.6 is 0 Å². The SMILES string of the molecule is CC(C)N1CC2=C(OC(N)=C(C#N)C2c2ccccc2F)/C(=C/c2ccccc2F)C1. The van der Waals surface area contributed by atoms with E-state index in [0.29, 0.717) is 30.0 Å². The Hall–Kier alpha value is -3.43. The summed E-state index contributed by atoms with van der Waals surface area (Å²) in [6.45, 7) is 5.12. The Morgan fingerprint density at radius 3 is 2.42 bits per heavy atom. The first-order valence-electron chi connectivity index (χ1n) is 10.1. The third-order valence-corrected chi connectivity index (χ3v) is 5.75. The third-order valence-electron chi connectivity index (χ3n) is 5.75. The Kier molecular flexibility index (Phi) is 5.62. The van der Waals surface area contributed by atoms with Crippen molar-refractivity contribution in [1.82, 2.24) is 4.90 Å². The van der Waals surface area contributed by atoms with Crippen molar-refractivity contribution in [3.63, 3.8) is 0 Å². The summed E-state index contributed by atoms with van der Waals surface area (Å²) in [6.07, 6.45) is 1.74. The van der Waals surface area contributed by atoms with Gasteiger partial charge >= 0.3 is 0 Å². The minimum absolute atomic E-state index is 0.0491. The number of nitrogens with two attached hydrogens (primary N) is 1. The molecule has 4 nitrogen and oxygen atoms in total. The minimum Gasteiger partial charge on any atom is -0.440 e. The van der Waals surface area contributed by atoms with Crippen LogP contribution in [0.5, 0.6) is 0 Å². The first-order chi connectivity index (χ1) is 14.9. The molecule has 6 heteroatoms. The highest BCUT2D eigenvalue weighted by Crippen LogP contribution is 2.44. The van der Waals surface area contributed by atoms with Crippen molar-refractivity contribution in [3.8, 4) is 6.07 Å². The van der Waals surface area contributed by atoms with Crippen molar-refractivity contribution in [2.24, 2.45) is 5.73 Å². The fraction of sp³-hybridized carbons (Fsp3) is 0.240. The van der Waals surface area contributed by atoms with Crippen LogP contribution < -0.4 is 5.73 Å². The van der Waals surface area contributed by atoms with E-state index in [0.717, 1.165) is 11.1 Å². The monoisotopic (exact) mass is 419 g/mol. The molecule has 0 aromatic heterocycles. The van der Waals surface area contributed by atoms with E-state index >= 15 is 0 Å². The Balaban J connectivity index is 1.93. The average Bonchev–Trinajstić information content (AvgIpc) is 2.75. The Bertz CT molecular complexity index is 1160. The molecule has 2 aliphatic rings. The van der Waals surface area contributed by atoms with E-state index in [1.165, 1.54) is 12.1 Å². The molecule has 2 heterocycles. The van der Waals surface area contributed by atoms with Gasteiger partial charge in [-0.15, -0.1) is 0 Å². The molecule has 0 radical (unpaired) electrons. The van der Waals surface area contributed by atoms with Crippen molar-refractivity contribution >= 4 is 6.08 Å². The van der Waals surface area contributed by atoms with Crippen LogP contribution in [0.2, 0.25) is 0 Å². The zero-order chi connectivity index (χ0) is 22.1. The molecule has 4 rings (SSSR count). The van der Waals surface area contributed by atoms with Crippen molar-refractivity contribution in [1.29, 1.82) is 5.26 Å². The molecule has 2 aromatic carbocycles. The van der Waals surface area contributed by atoms with E-state index in [2.05, 4.69) is 24.8 Å². The molecule has 0 bridgehead atoms. The molecule has 2 N–H and O–H groups in total. The molecule has 158 valence electrons. The summed E-state index contributed by atoms with van der Waals surface area (Å²) in [6, 6.07) is 15.1. The second-order valence-corrected chi connectivity index (χ2v) is 7.99. The second-order valence-electron chi connectivity index (χ2n) is 7.99. The van der Waals surface area contributed by atoms with Crippen LogP contribution in [0.1, 0.15) is 30.9 Å². The van der Waals surface area contributed by atoms with Crippen LogP contribution in [0, 0.1) is 23.0 Å². The van der Waals surface area contributed by atoms with E-state index < -0.39 is 11.7 Å². The van der Waals surface area contributed by atoms with Gasteiger partial charge in [0.2, 0.25) is 5.88 Å². The summed E-state index contributed by atoms with van der Waals surface area (Å²) in [5, 5.41) is 9.80. The maximum Gasteiger partial charge on any atom is 0.205 e. The van der Waals surface area contributed by atoms with E-state index in [4.69, 9.17) is 10.5 Å². The van der Waals surface area contributed by atoms with Gasteiger partial charge in [-0.2, -0.15) is 5.26 Å². The van der Waals surface area contributed by atoms with Crippen LogP contribution in [-0.4, -0.2) is 24.0 Å². The molecule has 1 unspecified atom stereocenters. The summed E-state index contributed by atoms with van der Waals surface area (Å²) < 4.78 is 35.1. The van der Waals surface area contributed by atoms with Crippen LogP contribution in [0.3, 0.4) is 0 Å². The van der Waals surface area contributed by atoms with Gasteiger partial charge in [-0.1, -0.05) is 36.4 Å². The number of rotatable bonds is 3. The Morgan fingerprint density at radius 2 is 1.77 bits per heavy atom. The number of nitriles is 1. The maximum absolute atomic E-state index is 14.8. The van der Waals surface area contributed by atoms with Gasteiger partial charge in [-0.3, -0.25) is 4.90 Å². The van der Waals surface area contributed by atoms with Gasteiger partial charge in [0.15, 0.2) is 0 Å². The standard InChI is InChI=1S/C25H23F2N3O/c1-15(2)30-13-17(11-16-7-3-5-9-21(16)26)24-20(14-30)23(19(12-28)25(29)31-24)18-8-4-6-10-22(18)27/h3-11,15,23H,13-14,29H2,1-2H3/b17-11+. The van der Waals surface area contributed by atoms with Crippen LogP contribution in [0.4, 0.5) is 8.78 Å². The third kappa shape index (κ3) is 3.85. The fourth-order valence-electron chi connectivity index (χ4n) is 4.11. The highest BCUT2D eigenvalue weighted by Gasteiger charge is 2.39. The highest BCUT2D eigenvalue weighted by molar-refractivity contribution is 5.63. The van der Waals surface area contributed by atoms with Gasteiger partial charge in [-0.05, 0) is 37.6 Å². The van der Waals surface area contributed by atoms with Gasteiger partial charge in [0.05, 0.1) is 5.92 Å². The van der Waals surface area contributed by atoms with Crippen LogP contribution in [-0.2, 0) is 4.74 Å². The van der Waals surface area contributed by atoms with Crippen molar-refractivity contribution in [2.75, 3.05) is 13.1 Å². The number of nitrogens with zero attached hydrogens (tertiary/aromatic N) is 2. The number of hydrogen-bond donors (Lipinski definition) is 1. The van der Waals surface area contributed by atoms with Crippen LogP contribution in [0.25, 0.3) is 6.08 Å². The molecular weight excluding hydrogens is 396 g/mol. The number of ether oxygens (including phenoxy) is 1. The van der Waals surface area contributed by atoms with Gasteiger partial charge in [0.1, 0.15) is 29.0 Å². The molecule has 0 amide bonds. The van der Waals surface area contributed by atoms with E-state index in [1.54, 1.807) is 42.5 Å². The first kappa shape index (κ1) is 20.8.